The van der Waals surface area contributed by atoms with Gasteiger partial charge in [0, 0.05) is 5.56 Å². The van der Waals surface area contributed by atoms with E-state index in [0.29, 0.717) is 10.6 Å². The van der Waals surface area contributed by atoms with Gasteiger partial charge in [-0.3, -0.25) is 0 Å². The van der Waals surface area contributed by atoms with Crippen LogP contribution in [0.5, 0.6) is 0 Å². The summed E-state index contributed by atoms with van der Waals surface area (Å²) in [6, 6.07) is 4.84. The number of halogens is 2. The zero-order valence-electron chi connectivity index (χ0n) is 10.8. The summed E-state index contributed by atoms with van der Waals surface area (Å²) in [4.78, 5) is 0. The van der Waals surface area contributed by atoms with E-state index in [4.69, 9.17) is 11.6 Å². The molecule has 1 aromatic carbocycles. The fraction of sp³-hybridized carbons (Fsp3) is 0.385. The van der Waals surface area contributed by atoms with Crippen LogP contribution in [0.25, 0.3) is 10.6 Å². The molecule has 1 aromatic heterocycles. The average Bonchev–Trinajstić information content (AvgIpc) is 2.88. The van der Waals surface area contributed by atoms with E-state index in [2.05, 4.69) is 22.4 Å². The summed E-state index contributed by atoms with van der Waals surface area (Å²) < 4.78 is 13.4. The van der Waals surface area contributed by atoms with Crippen molar-refractivity contribution in [3.05, 3.63) is 34.0 Å². The lowest BCUT2D eigenvalue weighted by Crippen LogP contribution is -2.18. The van der Waals surface area contributed by atoms with Gasteiger partial charge in [0.1, 0.15) is 15.8 Å². The van der Waals surface area contributed by atoms with Gasteiger partial charge in [-0.25, -0.2) is 4.39 Å². The highest BCUT2D eigenvalue weighted by molar-refractivity contribution is 7.14. The van der Waals surface area contributed by atoms with Crippen molar-refractivity contribution in [2.45, 2.75) is 26.3 Å². The Labute approximate surface area is 120 Å². The minimum absolute atomic E-state index is 0.0966. The second kappa shape index (κ2) is 6.41. The molecule has 19 heavy (non-hydrogen) atoms. The van der Waals surface area contributed by atoms with Gasteiger partial charge in [0.2, 0.25) is 0 Å². The summed E-state index contributed by atoms with van der Waals surface area (Å²) in [6.45, 7) is 5.07. The standard InChI is InChI=1S/C13H15ClFN3S/c1-3-7-16-8(2)12-17-18-13(19-12)9-5-4-6-10(15)11(9)14/h4-6,8,16H,3,7H2,1-2H3. The van der Waals surface area contributed by atoms with Crippen molar-refractivity contribution in [2.75, 3.05) is 6.54 Å². The molecule has 102 valence electrons. The SMILES string of the molecule is CCCNC(C)c1nnc(-c2cccc(F)c2Cl)s1. The predicted molar refractivity (Wildman–Crippen MR) is 77.0 cm³/mol. The molecular formula is C13H15ClFN3S. The first kappa shape index (κ1) is 14.4. The van der Waals surface area contributed by atoms with Crippen molar-refractivity contribution < 1.29 is 4.39 Å². The summed E-state index contributed by atoms with van der Waals surface area (Å²) in [6.07, 6.45) is 1.06. The Kier molecular flexibility index (Phi) is 4.85. The van der Waals surface area contributed by atoms with Crippen molar-refractivity contribution in [1.29, 1.82) is 0 Å². The Hall–Kier alpha value is -1.04. The smallest absolute Gasteiger partial charge is 0.149 e. The van der Waals surface area contributed by atoms with E-state index in [-0.39, 0.29) is 11.1 Å². The van der Waals surface area contributed by atoms with Crippen LogP contribution in [0.15, 0.2) is 18.2 Å². The maximum absolute atomic E-state index is 13.4. The van der Waals surface area contributed by atoms with Crippen LogP contribution in [0.2, 0.25) is 5.02 Å². The van der Waals surface area contributed by atoms with Crippen LogP contribution in [0.3, 0.4) is 0 Å². The Morgan fingerprint density at radius 2 is 2.21 bits per heavy atom. The van der Waals surface area contributed by atoms with Gasteiger partial charge in [0.05, 0.1) is 11.1 Å². The molecule has 0 amide bonds. The van der Waals surface area contributed by atoms with Crippen molar-refractivity contribution >= 4 is 22.9 Å². The first-order valence-electron chi connectivity index (χ1n) is 6.14. The van der Waals surface area contributed by atoms with Gasteiger partial charge in [-0.15, -0.1) is 10.2 Å². The normalized spacial score (nSPS) is 12.6. The van der Waals surface area contributed by atoms with Gasteiger partial charge in [-0.2, -0.15) is 0 Å². The van der Waals surface area contributed by atoms with Gasteiger partial charge in [-0.1, -0.05) is 42.0 Å². The number of hydrogen-bond donors (Lipinski definition) is 1. The second-order valence-corrected chi connectivity index (χ2v) is 5.61. The summed E-state index contributed by atoms with van der Waals surface area (Å²) in [5.74, 6) is -0.437. The highest BCUT2D eigenvalue weighted by Gasteiger charge is 2.15. The van der Waals surface area contributed by atoms with Crippen molar-refractivity contribution in [3.8, 4) is 10.6 Å². The number of aromatic nitrogens is 2. The largest absolute Gasteiger partial charge is 0.308 e. The Bertz CT molecular complexity index is 559. The molecule has 0 radical (unpaired) electrons. The van der Waals surface area contributed by atoms with Crippen molar-refractivity contribution in [2.24, 2.45) is 0 Å². The molecule has 0 bridgehead atoms. The topological polar surface area (TPSA) is 37.8 Å². The lowest BCUT2D eigenvalue weighted by molar-refractivity contribution is 0.564. The monoisotopic (exact) mass is 299 g/mol. The Morgan fingerprint density at radius 1 is 1.42 bits per heavy atom. The molecule has 1 atom stereocenters. The second-order valence-electron chi connectivity index (χ2n) is 4.22. The van der Waals surface area contributed by atoms with Gasteiger partial charge in [0.25, 0.3) is 0 Å². The molecule has 1 heterocycles. The fourth-order valence-corrected chi connectivity index (χ4v) is 2.81. The lowest BCUT2D eigenvalue weighted by Gasteiger charge is -2.08. The van der Waals surface area contributed by atoms with Gasteiger partial charge >= 0.3 is 0 Å². The zero-order valence-corrected chi connectivity index (χ0v) is 12.4. The third-order valence-electron chi connectivity index (χ3n) is 2.69. The van der Waals surface area contributed by atoms with E-state index in [1.54, 1.807) is 12.1 Å². The maximum Gasteiger partial charge on any atom is 0.149 e. The van der Waals surface area contributed by atoms with Crippen LogP contribution in [0.1, 0.15) is 31.3 Å². The summed E-state index contributed by atoms with van der Waals surface area (Å²) >= 11 is 7.38. The summed E-state index contributed by atoms with van der Waals surface area (Å²) in [5, 5.41) is 13.2. The highest BCUT2D eigenvalue weighted by atomic mass is 35.5. The van der Waals surface area contributed by atoms with Crippen molar-refractivity contribution in [3.63, 3.8) is 0 Å². The van der Waals surface area contributed by atoms with E-state index in [1.807, 2.05) is 6.92 Å². The molecule has 1 unspecified atom stereocenters. The summed E-state index contributed by atoms with van der Waals surface area (Å²) in [5.41, 5.74) is 0.591. The summed E-state index contributed by atoms with van der Waals surface area (Å²) in [7, 11) is 0. The zero-order chi connectivity index (χ0) is 13.8. The molecule has 2 rings (SSSR count). The Balaban J connectivity index is 2.23. The first-order valence-corrected chi connectivity index (χ1v) is 7.34. The van der Waals surface area contributed by atoms with Gasteiger partial charge < -0.3 is 5.32 Å². The molecule has 2 aromatic rings. The number of nitrogens with zero attached hydrogens (tertiary/aromatic N) is 2. The molecule has 0 aliphatic heterocycles. The Morgan fingerprint density at radius 3 is 2.95 bits per heavy atom. The molecule has 0 saturated carbocycles. The van der Waals surface area contributed by atoms with Crippen LogP contribution < -0.4 is 5.32 Å². The van der Waals surface area contributed by atoms with Crippen LogP contribution >= 0.6 is 22.9 Å². The van der Waals surface area contributed by atoms with E-state index < -0.39 is 5.82 Å². The van der Waals surface area contributed by atoms with Gasteiger partial charge in [-0.05, 0) is 26.0 Å². The van der Waals surface area contributed by atoms with Crippen LogP contribution in [-0.2, 0) is 0 Å². The molecule has 0 aliphatic rings. The molecule has 0 fully saturated rings. The van der Waals surface area contributed by atoms with Crippen LogP contribution in [-0.4, -0.2) is 16.7 Å². The predicted octanol–water partition coefficient (Wildman–Crippen LogP) is 4.06. The molecule has 1 N–H and O–H groups in total. The van der Waals surface area contributed by atoms with Gasteiger partial charge in [0.15, 0.2) is 0 Å². The highest BCUT2D eigenvalue weighted by Crippen LogP contribution is 2.33. The molecular weight excluding hydrogens is 285 g/mol. The number of benzene rings is 1. The van der Waals surface area contributed by atoms with Crippen LogP contribution in [0, 0.1) is 5.82 Å². The molecule has 6 heteroatoms. The number of hydrogen-bond acceptors (Lipinski definition) is 4. The number of nitrogens with one attached hydrogen (secondary N) is 1. The molecule has 0 aliphatic carbocycles. The molecule has 0 saturated heterocycles. The van der Waals surface area contributed by atoms with E-state index >= 15 is 0 Å². The lowest BCUT2D eigenvalue weighted by atomic mass is 10.2. The van der Waals surface area contributed by atoms with Crippen molar-refractivity contribution in [1.82, 2.24) is 15.5 Å². The van der Waals surface area contributed by atoms with Crippen LogP contribution in [0.4, 0.5) is 4.39 Å². The fourth-order valence-electron chi connectivity index (χ4n) is 1.64. The third kappa shape index (κ3) is 3.29. The maximum atomic E-state index is 13.4. The third-order valence-corrected chi connectivity index (χ3v) is 4.22. The quantitative estimate of drug-likeness (QED) is 0.905. The van der Waals surface area contributed by atoms with E-state index in [0.717, 1.165) is 18.0 Å². The minimum Gasteiger partial charge on any atom is -0.308 e. The average molecular weight is 300 g/mol. The molecule has 0 spiro atoms. The van der Waals surface area contributed by atoms with E-state index in [1.165, 1.54) is 17.4 Å². The minimum atomic E-state index is -0.437. The number of rotatable bonds is 5. The molecule has 3 nitrogen and oxygen atoms in total. The van der Waals surface area contributed by atoms with E-state index in [9.17, 15) is 4.39 Å². The first-order chi connectivity index (χ1) is 9.13.